The molecule has 144 valence electrons. The molecule has 0 aromatic heterocycles. The maximum absolute atomic E-state index is 13.1. The van der Waals surface area contributed by atoms with E-state index in [0.29, 0.717) is 5.91 Å². The fourth-order valence-corrected chi connectivity index (χ4v) is 4.36. The number of benzene rings is 1. The van der Waals surface area contributed by atoms with Gasteiger partial charge in [0.25, 0.3) is 0 Å². The van der Waals surface area contributed by atoms with Crippen molar-refractivity contribution < 1.29 is 4.79 Å². The molecule has 0 saturated carbocycles. The lowest BCUT2D eigenvalue weighted by molar-refractivity contribution is -0.138. The summed E-state index contributed by atoms with van der Waals surface area (Å²) in [6.45, 7) is 9.02. The zero-order valence-electron chi connectivity index (χ0n) is 16.0. The Kier molecular flexibility index (Phi) is 7.35. The van der Waals surface area contributed by atoms with E-state index in [-0.39, 0.29) is 6.04 Å². The predicted molar refractivity (Wildman–Crippen MR) is 107 cm³/mol. The lowest BCUT2D eigenvalue weighted by Crippen LogP contribution is -2.51. The van der Waals surface area contributed by atoms with Gasteiger partial charge in [-0.15, -0.1) is 0 Å². The van der Waals surface area contributed by atoms with E-state index in [1.54, 1.807) is 0 Å². The van der Waals surface area contributed by atoms with Crippen LogP contribution in [0.25, 0.3) is 0 Å². The van der Waals surface area contributed by atoms with Crippen LogP contribution < -0.4 is 0 Å². The number of likely N-dealkylation sites (tertiary alicyclic amines) is 1. The molecule has 5 heteroatoms. The quantitative estimate of drug-likeness (QED) is 0.783. The lowest BCUT2D eigenvalue weighted by atomic mass is 10.0. The van der Waals surface area contributed by atoms with Crippen molar-refractivity contribution in [2.75, 3.05) is 39.3 Å². The van der Waals surface area contributed by atoms with Gasteiger partial charge in [0.2, 0.25) is 5.91 Å². The Morgan fingerprint density at radius 1 is 1.04 bits per heavy atom. The number of carbonyl (C=O) groups excluding carboxylic acids is 1. The molecule has 26 heavy (non-hydrogen) atoms. The SMILES string of the molecule is CCCN1CCCCC1C(=O)N1CCCN(Cc2ccc(Cl)cc2)CC1. The normalized spacial score (nSPS) is 23.0. The van der Waals surface area contributed by atoms with Crippen LogP contribution in [0.3, 0.4) is 0 Å². The molecule has 1 atom stereocenters. The summed E-state index contributed by atoms with van der Waals surface area (Å²) in [5.41, 5.74) is 1.29. The first kappa shape index (κ1) is 19.7. The molecule has 0 spiro atoms. The van der Waals surface area contributed by atoms with Crippen molar-refractivity contribution in [3.8, 4) is 0 Å². The first-order valence-corrected chi connectivity index (χ1v) is 10.5. The Morgan fingerprint density at radius 2 is 1.85 bits per heavy atom. The van der Waals surface area contributed by atoms with Crippen LogP contribution in [0.2, 0.25) is 5.02 Å². The van der Waals surface area contributed by atoms with Gasteiger partial charge in [-0.3, -0.25) is 14.6 Å². The third kappa shape index (κ3) is 5.21. The van der Waals surface area contributed by atoms with Crippen molar-refractivity contribution in [1.29, 1.82) is 0 Å². The van der Waals surface area contributed by atoms with E-state index in [2.05, 4.69) is 33.8 Å². The molecule has 0 bridgehead atoms. The molecule has 2 fully saturated rings. The molecular formula is C21H32ClN3O. The summed E-state index contributed by atoms with van der Waals surface area (Å²) >= 11 is 5.98. The van der Waals surface area contributed by atoms with Gasteiger partial charge >= 0.3 is 0 Å². The van der Waals surface area contributed by atoms with E-state index >= 15 is 0 Å². The van der Waals surface area contributed by atoms with E-state index in [1.165, 1.54) is 18.4 Å². The first-order chi connectivity index (χ1) is 12.7. The van der Waals surface area contributed by atoms with E-state index in [1.807, 2.05) is 12.1 Å². The number of rotatable bonds is 5. The van der Waals surface area contributed by atoms with Crippen LogP contribution >= 0.6 is 11.6 Å². The molecule has 3 rings (SSSR count). The van der Waals surface area contributed by atoms with Crippen LogP contribution in [0.15, 0.2) is 24.3 Å². The number of hydrogen-bond acceptors (Lipinski definition) is 3. The third-order valence-corrected chi connectivity index (χ3v) is 5.88. The summed E-state index contributed by atoms with van der Waals surface area (Å²) in [5, 5.41) is 0.783. The van der Waals surface area contributed by atoms with E-state index in [9.17, 15) is 4.79 Å². The van der Waals surface area contributed by atoms with Gasteiger partial charge in [-0.1, -0.05) is 37.1 Å². The molecular weight excluding hydrogens is 346 g/mol. The Hall–Kier alpha value is -1.10. The van der Waals surface area contributed by atoms with Crippen molar-refractivity contribution >= 4 is 17.5 Å². The second-order valence-electron chi connectivity index (χ2n) is 7.63. The molecule has 0 N–H and O–H groups in total. The minimum Gasteiger partial charge on any atom is -0.340 e. The number of nitrogens with zero attached hydrogens (tertiary/aromatic N) is 3. The molecule has 0 aliphatic carbocycles. The summed E-state index contributed by atoms with van der Waals surface area (Å²) in [6, 6.07) is 8.22. The maximum atomic E-state index is 13.1. The summed E-state index contributed by atoms with van der Waals surface area (Å²) < 4.78 is 0. The van der Waals surface area contributed by atoms with Gasteiger partial charge in [0.15, 0.2) is 0 Å². The number of halogens is 1. The smallest absolute Gasteiger partial charge is 0.239 e. The van der Waals surface area contributed by atoms with Crippen LogP contribution in [0.5, 0.6) is 0 Å². The summed E-state index contributed by atoms with van der Waals surface area (Å²) in [5.74, 6) is 0.367. The Bertz CT molecular complexity index is 575. The van der Waals surface area contributed by atoms with E-state index in [0.717, 1.165) is 70.1 Å². The van der Waals surface area contributed by atoms with Crippen molar-refractivity contribution in [1.82, 2.24) is 14.7 Å². The minimum absolute atomic E-state index is 0.117. The van der Waals surface area contributed by atoms with Gasteiger partial charge < -0.3 is 4.90 Å². The minimum atomic E-state index is 0.117. The molecule has 1 amide bonds. The van der Waals surface area contributed by atoms with Gasteiger partial charge in [-0.2, -0.15) is 0 Å². The highest BCUT2D eigenvalue weighted by Gasteiger charge is 2.32. The average Bonchev–Trinajstić information content (AvgIpc) is 2.89. The molecule has 2 aliphatic heterocycles. The number of amides is 1. The lowest BCUT2D eigenvalue weighted by Gasteiger charge is -2.37. The van der Waals surface area contributed by atoms with Gasteiger partial charge in [-0.25, -0.2) is 0 Å². The fraction of sp³-hybridized carbons (Fsp3) is 0.667. The van der Waals surface area contributed by atoms with Crippen molar-refractivity contribution in [2.24, 2.45) is 0 Å². The summed E-state index contributed by atoms with van der Waals surface area (Å²) in [7, 11) is 0. The standard InChI is InChI=1S/C21H32ClN3O/c1-2-11-24-13-4-3-6-20(24)21(26)25-14-5-12-23(15-16-25)17-18-7-9-19(22)10-8-18/h7-10,20H,2-6,11-17H2,1H3. The number of carbonyl (C=O) groups is 1. The zero-order valence-corrected chi connectivity index (χ0v) is 16.8. The predicted octanol–water partition coefficient (Wildman–Crippen LogP) is 3.64. The van der Waals surface area contributed by atoms with Gasteiger partial charge in [0, 0.05) is 37.7 Å². The second kappa shape index (κ2) is 9.72. The highest BCUT2D eigenvalue weighted by atomic mass is 35.5. The average molecular weight is 378 g/mol. The van der Waals surface area contributed by atoms with E-state index in [4.69, 9.17) is 11.6 Å². The van der Waals surface area contributed by atoms with Crippen molar-refractivity contribution in [3.63, 3.8) is 0 Å². The molecule has 0 radical (unpaired) electrons. The Morgan fingerprint density at radius 3 is 2.62 bits per heavy atom. The zero-order chi connectivity index (χ0) is 18.4. The molecule has 2 aliphatic rings. The summed E-state index contributed by atoms with van der Waals surface area (Å²) in [4.78, 5) is 20.1. The highest BCUT2D eigenvalue weighted by molar-refractivity contribution is 6.30. The fourth-order valence-electron chi connectivity index (χ4n) is 4.23. The number of hydrogen-bond donors (Lipinski definition) is 0. The molecule has 4 nitrogen and oxygen atoms in total. The monoisotopic (exact) mass is 377 g/mol. The van der Waals surface area contributed by atoms with Crippen LogP contribution in [-0.2, 0) is 11.3 Å². The van der Waals surface area contributed by atoms with Crippen molar-refractivity contribution in [3.05, 3.63) is 34.9 Å². The van der Waals surface area contributed by atoms with Crippen molar-refractivity contribution in [2.45, 2.75) is 51.6 Å². The van der Waals surface area contributed by atoms with Gasteiger partial charge in [0.1, 0.15) is 0 Å². The highest BCUT2D eigenvalue weighted by Crippen LogP contribution is 2.20. The van der Waals surface area contributed by atoms with Crippen LogP contribution in [0, 0.1) is 0 Å². The second-order valence-corrected chi connectivity index (χ2v) is 8.07. The molecule has 1 unspecified atom stereocenters. The van der Waals surface area contributed by atoms with E-state index < -0.39 is 0 Å². The molecule has 2 saturated heterocycles. The Balaban J connectivity index is 1.55. The van der Waals surface area contributed by atoms with Crippen LogP contribution in [0.1, 0.15) is 44.6 Å². The maximum Gasteiger partial charge on any atom is 0.239 e. The van der Waals surface area contributed by atoms with Crippen LogP contribution in [-0.4, -0.2) is 65.9 Å². The third-order valence-electron chi connectivity index (χ3n) is 5.63. The first-order valence-electron chi connectivity index (χ1n) is 10.2. The summed E-state index contributed by atoms with van der Waals surface area (Å²) in [6.07, 6.45) is 5.63. The molecule has 1 aromatic carbocycles. The molecule has 1 aromatic rings. The van der Waals surface area contributed by atoms with Crippen LogP contribution in [0.4, 0.5) is 0 Å². The van der Waals surface area contributed by atoms with Gasteiger partial charge in [-0.05, 0) is 56.5 Å². The topological polar surface area (TPSA) is 26.8 Å². The Labute approximate surface area is 163 Å². The van der Waals surface area contributed by atoms with Gasteiger partial charge in [0.05, 0.1) is 6.04 Å². The molecule has 2 heterocycles. The largest absolute Gasteiger partial charge is 0.340 e. The number of piperidine rings is 1.